The van der Waals surface area contributed by atoms with Crippen LogP contribution in [0.25, 0.3) is 5.69 Å². The Morgan fingerprint density at radius 1 is 1.19 bits per heavy atom. The molecule has 0 bridgehead atoms. The summed E-state index contributed by atoms with van der Waals surface area (Å²) in [5.74, 6) is -7.17. The Kier molecular flexibility index (Phi) is 6.68. The fraction of sp³-hybridized carbons (Fsp3) is 0.211. The number of H-pyrrole nitrogens is 1. The first-order chi connectivity index (χ1) is 14.8. The Balaban J connectivity index is 1.88. The number of methoxy groups -OCH3 is 1. The minimum Gasteiger partial charge on any atom is -0.497 e. The van der Waals surface area contributed by atoms with E-state index in [2.05, 4.69) is 5.27 Å². The molecule has 0 radical (unpaired) electrons. The monoisotopic (exact) mass is 458 g/mol. The van der Waals surface area contributed by atoms with Crippen molar-refractivity contribution in [3.05, 3.63) is 64.0 Å². The van der Waals surface area contributed by atoms with Gasteiger partial charge in [-0.2, -0.15) is 0 Å². The summed E-state index contributed by atoms with van der Waals surface area (Å²) in [6.45, 7) is 1.59. The van der Waals surface area contributed by atoms with Crippen LogP contribution < -0.4 is 20.4 Å². The highest BCUT2D eigenvalue weighted by Gasteiger charge is 2.32. The molecular weight excluding hydrogens is 442 g/mol. The zero-order valence-electron chi connectivity index (χ0n) is 16.2. The van der Waals surface area contributed by atoms with E-state index in [0.717, 1.165) is 11.8 Å². The number of ether oxygens (including phenoxy) is 1. The lowest BCUT2D eigenvalue weighted by Gasteiger charge is -2.13. The Labute approximate surface area is 177 Å². The van der Waals surface area contributed by atoms with E-state index in [0.29, 0.717) is 11.4 Å². The normalized spacial score (nSPS) is 11.9. The molecule has 0 spiro atoms. The second-order valence-corrected chi connectivity index (χ2v) is 7.36. The van der Waals surface area contributed by atoms with Crippen molar-refractivity contribution in [1.29, 1.82) is 0 Å². The van der Waals surface area contributed by atoms with E-state index in [1.165, 1.54) is 11.8 Å². The van der Waals surface area contributed by atoms with E-state index < -0.39 is 45.7 Å². The van der Waals surface area contributed by atoms with Crippen LogP contribution in [0, 0.1) is 23.3 Å². The third-order valence-corrected chi connectivity index (χ3v) is 5.62. The largest absolute Gasteiger partial charge is 0.497 e. The maximum Gasteiger partial charge on any atom is 0.442 e. The van der Waals surface area contributed by atoms with Crippen molar-refractivity contribution in [2.45, 2.75) is 23.6 Å². The van der Waals surface area contributed by atoms with E-state index in [4.69, 9.17) is 9.26 Å². The van der Waals surface area contributed by atoms with Gasteiger partial charge in [0.25, 0.3) is 0 Å². The van der Waals surface area contributed by atoms with Crippen molar-refractivity contribution in [3.63, 3.8) is 0 Å². The standard InChI is InChI=1S/C19H15F4N3O4S/c1-3-13(17(27)24-16-14(22)11(20)8-12(21)15(16)23)31-18-19(28)30-25-26(18)9-4-6-10(29-2)7-5-9/h4-8,13H,3H2,1-2H3,(H-,24,25,27,28)/p+1. The van der Waals surface area contributed by atoms with Crippen molar-refractivity contribution in [1.82, 2.24) is 5.27 Å². The van der Waals surface area contributed by atoms with E-state index in [9.17, 15) is 27.2 Å². The molecule has 2 aromatic carbocycles. The third-order valence-electron chi connectivity index (χ3n) is 4.22. The average molecular weight is 458 g/mol. The number of carbonyl (C=O) groups excluding carboxylic acids is 1. The van der Waals surface area contributed by atoms with Crippen LogP contribution in [-0.2, 0) is 4.79 Å². The summed E-state index contributed by atoms with van der Waals surface area (Å²) < 4.78 is 65.7. The highest BCUT2D eigenvalue weighted by atomic mass is 32.2. The lowest BCUT2D eigenvalue weighted by molar-refractivity contribution is -0.704. The number of anilines is 1. The number of thioether (sulfide) groups is 1. The molecule has 164 valence electrons. The molecule has 7 nitrogen and oxygen atoms in total. The second kappa shape index (κ2) is 9.25. The summed E-state index contributed by atoms with van der Waals surface area (Å²) in [6.07, 6.45) is 0.116. The van der Waals surface area contributed by atoms with Crippen LogP contribution in [0.2, 0.25) is 0 Å². The minimum atomic E-state index is -1.73. The van der Waals surface area contributed by atoms with Crippen molar-refractivity contribution in [2.24, 2.45) is 0 Å². The molecule has 31 heavy (non-hydrogen) atoms. The molecule has 0 saturated heterocycles. The minimum absolute atomic E-state index is 0.0291. The number of aromatic amines is 1. The van der Waals surface area contributed by atoms with Crippen LogP contribution in [-0.4, -0.2) is 23.5 Å². The number of hydrogen-bond donors (Lipinski definition) is 2. The van der Waals surface area contributed by atoms with Gasteiger partial charge < -0.3 is 10.1 Å². The zero-order valence-corrected chi connectivity index (χ0v) is 17.0. The predicted octanol–water partition coefficient (Wildman–Crippen LogP) is 3.32. The first-order valence-corrected chi connectivity index (χ1v) is 9.73. The molecule has 0 aliphatic heterocycles. The SMILES string of the molecule is CCC(Sc1c(=O)o[nH][n+]1-c1ccc(OC)cc1)C(=O)Nc1c(F)c(F)cc(F)c1F. The van der Waals surface area contributed by atoms with Gasteiger partial charge in [-0.15, -0.1) is 0 Å². The van der Waals surface area contributed by atoms with Gasteiger partial charge >= 0.3 is 10.7 Å². The van der Waals surface area contributed by atoms with Gasteiger partial charge in [0.1, 0.15) is 11.4 Å². The molecule has 12 heteroatoms. The molecule has 1 aromatic heterocycles. The van der Waals surface area contributed by atoms with Crippen LogP contribution in [0.15, 0.2) is 44.7 Å². The fourth-order valence-corrected chi connectivity index (χ4v) is 3.60. The van der Waals surface area contributed by atoms with E-state index in [-0.39, 0.29) is 17.5 Å². The Bertz CT molecular complexity index is 1140. The van der Waals surface area contributed by atoms with Crippen molar-refractivity contribution in [3.8, 4) is 11.4 Å². The maximum absolute atomic E-state index is 13.9. The first kappa shape index (κ1) is 22.4. The van der Waals surface area contributed by atoms with Crippen molar-refractivity contribution in [2.75, 3.05) is 12.4 Å². The van der Waals surface area contributed by atoms with Gasteiger partial charge in [-0.1, -0.05) is 6.92 Å². The molecule has 0 aliphatic carbocycles. The smallest absolute Gasteiger partial charge is 0.442 e. The van der Waals surface area contributed by atoms with Gasteiger partial charge in [-0.05, 0) is 40.3 Å². The quantitative estimate of drug-likeness (QED) is 0.246. The number of halogens is 4. The fourth-order valence-electron chi connectivity index (χ4n) is 2.61. The summed E-state index contributed by atoms with van der Waals surface area (Å²) in [5, 5.41) is 3.18. The lowest BCUT2D eigenvalue weighted by atomic mass is 10.2. The van der Waals surface area contributed by atoms with Crippen molar-refractivity contribution < 1.29 is 36.3 Å². The summed E-state index contributed by atoms with van der Waals surface area (Å²) >= 11 is 0.751. The van der Waals surface area contributed by atoms with Crippen LogP contribution >= 0.6 is 11.8 Å². The van der Waals surface area contributed by atoms with Crippen LogP contribution in [0.3, 0.4) is 0 Å². The molecule has 3 aromatic rings. The molecule has 1 amide bonds. The predicted molar refractivity (Wildman–Crippen MR) is 102 cm³/mol. The number of nitrogens with zero attached hydrogens (tertiary/aromatic N) is 1. The zero-order chi connectivity index (χ0) is 22.7. The number of aromatic nitrogens is 2. The number of amides is 1. The molecule has 1 atom stereocenters. The second-order valence-electron chi connectivity index (χ2n) is 6.17. The van der Waals surface area contributed by atoms with Crippen LogP contribution in [0.5, 0.6) is 5.75 Å². The summed E-state index contributed by atoms with van der Waals surface area (Å²) in [7, 11) is 1.49. The number of nitrogens with one attached hydrogen (secondary N) is 2. The number of rotatable bonds is 7. The number of hydrogen-bond acceptors (Lipinski definition) is 5. The van der Waals surface area contributed by atoms with Gasteiger partial charge in [-0.3, -0.25) is 9.32 Å². The molecular formula is C19H16F4N3O4S+. The summed E-state index contributed by atoms with van der Waals surface area (Å²) in [5.41, 5.74) is -1.55. The molecule has 0 fully saturated rings. The van der Waals surface area contributed by atoms with Gasteiger partial charge in [0, 0.05) is 18.2 Å². The summed E-state index contributed by atoms with van der Waals surface area (Å²) in [4.78, 5) is 24.7. The maximum atomic E-state index is 13.9. The Hall–Kier alpha value is -3.28. The highest BCUT2D eigenvalue weighted by Crippen LogP contribution is 2.27. The van der Waals surface area contributed by atoms with E-state index in [1.807, 2.05) is 5.32 Å². The molecule has 3 rings (SSSR count). The van der Waals surface area contributed by atoms with Gasteiger partial charge in [0.2, 0.25) is 11.6 Å². The molecule has 2 N–H and O–H groups in total. The van der Waals surface area contributed by atoms with Gasteiger partial charge in [0.15, 0.2) is 23.3 Å². The highest BCUT2D eigenvalue weighted by molar-refractivity contribution is 8.00. The molecule has 1 heterocycles. The average Bonchev–Trinajstić information content (AvgIpc) is 3.13. The number of benzene rings is 2. The van der Waals surface area contributed by atoms with E-state index >= 15 is 0 Å². The Morgan fingerprint density at radius 2 is 1.81 bits per heavy atom. The van der Waals surface area contributed by atoms with Gasteiger partial charge in [-0.25, -0.2) is 22.4 Å². The van der Waals surface area contributed by atoms with Gasteiger partial charge in [0.05, 0.1) is 12.4 Å². The first-order valence-electron chi connectivity index (χ1n) is 8.85. The van der Waals surface area contributed by atoms with Crippen LogP contribution in [0.1, 0.15) is 13.3 Å². The van der Waals surface area contributed by atoms with E-state index in [1.54, 1.807) is 31.2 Å². The molecule has 0 aliphatic rings. The lowest BCUT2D eigenvalue weighted by Crippen LogP contribution is -2.37. The van der Waals surface area contributed by atoms with Crippen LogP contribution in [0.4, 0.5) is 23.2 Å². The molecule has 0 saturated carbocycles. The summed E-state index contributed by atoms with van der Waals surface area (Å²) in [6, 6.07) is 6.55. The van der Waals surface area contributed by atoms with Crippen molar-refractivity contribution >= 4 is 23.4 Å². The Morgan fingerprint density at radius 3 is 2.35 bits per heavy atom. The number of carbonyl (C=O) groups is 1. The topological polar surface area (TPSA) is 88.2 Å². The third kappa shape index (κ3) is 4.58. The molecule has 1 unspecified atom stereocenters.